The molecule has 156 valence electrons. The van der Waals surface area contributed by atoms with Gasteiger partial charge in [-0.1, -0.05) is 24.3 Å². The first kappa shape index (κ1) is 21.9. The van der Waals surface area contributed by atoms with Crippen LogP contribution >= 0.6 is 0 Å². The van der Waals surface area contributed by atoms with Crippen molar-refractivity contribution in [2.45, 2.75) is 0 Å². The summed E-state index contributed by atoms with van der Waals surface area (Å²) < 4.78 is 2.27. The topological polar surface area (TPSA) is 56.9 Å². The van der Waals surface area contributed by atoms with Crippen molar-refractivity contribution in [1.29, 1.82) is 0 Å². The summed E-state index contributed by atoms with van der Waals surface area (Å²) in [5, 5.41) is 6.77. The molecule has 2 aromatic carbocycles. The molecule has 0 saturated heterocycles. The van der Waals surface area contributed by atoms with E-state index in [2.05, 4.69) is 92.9 Å². The lowest BCUT2D eigenvalue weighted by Gasteiger charge is -2.09. The highest BCUT2D eigenvalue weighted by Gasteiger charge is 2.17. The van der Waals surface area contributed by atoms with Crippen molar-refractivity contribution >= 4 is 11.7 Å². The zero-order chi connectivity index (χ0) is 18.9. The second kappa shape index (κ2) is 9.37. The smallest absolute Gasteiger partial charge is 0.275 e. The van der Waals surface area contributed by atoms with Crippen molar-refractivity contribution in [3.05, 3.63) is 71.8 Å². The molecule has 1 aromatic heterocycles. The summed E-state index contributed by atoms with van der Waals surface area (Å²) in [5.41, 5.74) is 7.30. The van der Waals surface area contributed by atoms with Crippen molar-refractivity contribution in [1.82, 2.24) is 15.2 Å². The Morgan fingerprint density at radius 1 is 0.600 bits per heavy atom. The first-order valence-electron chi connectivity index (χ1n) is 9.86. The van der Waals surface area contributed by atoms with E-state index in [1.807, 2.05) is 0 Å². The fraction of sp³-hybridized carbons (Fsp3) is 0.217. The van der Waals surface area contributed by atoms with Crippen LogP contribution in [0.1, 0.15) is 11.1 Å². The van der Waals surface area contributed by atoms with Gasteiger partial charge in [0.1, 0.15) is 26.2 Å². The van der Waals surface area contributed by atoms with Crippen LogP contribution in [0.15, 0.2) is 60.7 Å². The third-order valence-corrected chi connectivity index (χ3v) is 5.52. The van der Waals surface area contributed by atoms with E-state index in [-0.39, 0.29) is 24.8 Å². The summed E-state index contributed by atoms with van der Waals surface area (Å²) in [7, 11) is 2.14. The van der Waals surface area contributed by atoms with Crippen molar-refractivity contribution in [3.63, 3.8) is 0 Å². The molecule has 0 aliphatic carbocycles. The molecular formula is C23H25Cl2N5. The summed E-state index contributed by atoms with van der Waals surface area (Å²) in [5.74, 6) is 2.26. The quantitative estimate of drug-likeness (QED) is 0.325. The van der Waals surface area contributed by atoms with Crippen molar-refractivity contribution in [3.8, 4) is 22.5 Å². The van der Waals surface area contributed by atoms with Crippen LogP contribution in [0.5, 0.6) is 0 Å². The molecule has 3 aromatic rings. The molecule has 5 rings (SSSR count). The maximum atomic E-state index is 3.38. The number of halogens is 2. The first-order valence-corrected chi connectivity index (χ1v) is 9.86. The van der Waals surface area contributed by atoms with Gasteiger partial charge in [-0.2, -0.15) is 0 Å². The van der Waals surface area contributed by atoms with E-state index in [0.29, 0.717) is 0 Å². The van der Waals surface area contributed by atoms with Gasteiger partial charge in [-0.05, 0) is 47.5 Å². The average Bonchev–Trinajstić information content (AvgIpc) is 3.50. The molecule has 5 nitrogen and oxygen atoms in total. The van der Waals surface area contributed by atoms with E-state index in [4.69, 9.17) is 0 Å². The van der Waals surface area contributed by atoms with Crippen LogP contribution in [0.2, 0.25) is 0 Å². The lowest BCUT2D eigenvalue weighted by atomic mass is 10.1. The third kappa shape index (κ3) is 4.09. The number of amidine groups is 2. The lowest BCUT2D eigenvalue weighted by Crippen LogP contribution is -3.00. The van der Waals surface area contributed by atoms with Gasteiger partial charge in [0, 0.05) is 18.4 Å². The minimum absolute atomic E-state index is 0. The zero-order valence-electron chi connectivity index (χ0n) is 16.8. The fourth-order valence-corrected chi connectivity index (χ4v) is 3.99. The standard InChI is InChI=1S/C23H23N5.2ClH/c1-28-20(16-2-6-18(7-3-16)22-24-12-13-25-22)10-11-21(28)17-4-8-19(9-5-17)23-26-14-15-27-23;;/h2-11H,12-15H2,1H3,(H,24,25)(H,26,27);2*1H. The van der Waals surface area contributed by atoms with Crippen LogP contribution in [0.25, 0.3) is 22.5 Å². The molecule has 30 heavy (non-hydrogen) atoms. The third-order valence-electron chi connectivity index (χ3n) is 5.52. The monoisotopic (exact) mass is 441 g/mol. The van der Waals surface area contributed by atoms with Gasteiger partial charge >= 0.3 is 0 Å². The van der Waals surface area contributed by atoms with Gasteiger partial charge < -0.3 is 29.4 Å². The Labute approximate surface area is 189 Å². The van der Waals surface area contributed by atoms with Gasteiger partial charge in [0.05, 0.1) is 11.1 Å². The average molecular weight is 442 g/mol. The highest BCUT2D eigenvalue weighted by Crippen LogP contribution is 2.28. The maximum absolute atomic E-state index is 3.38. The molecule has 0 fully saturated rings. The van der Waals surface area contributed by atoms with Gasteiger partial charge in [-0.3, -0.25) is 20.6 Å². The van der Waals surface area contributed by atoms with E-state index in [1.54, 1.807) is 0 Å². The molecule has 0 unspecified atom stereocenters. The van der Waals surface area contributed by atoms with E-state index in [1.165, 1.54) is 33.6 Å². The summed E-state index contributed by atoms with van der Waals surface area (Å²) in [6.45, 7) is 3.95. The zero-order valence-corrected chi connectivity index (χ0v) is 18.3. The molecule has 0 spiro atoms. The van der Waals surface area contributed by atoms with Gasteiger partial charge in [0.15, 0.2) is 0 Å². The number of rotatable bonds is 4. The fourth-order valence-electron chi connectivity index (χ4n) is 3.99. The minimum Gasteiger partial charge on any atom is -1.00 e. The Morgan fingerprint density at radius 3 is 1.30 bits per heavy atom. The van der Waals surface area contributed by atoms with Gasteiger partial charge in [0.25, 0.3) is 11.7 Å². The van der Waals surface area contributed by atoms with Gasteiger partial charge in [-0.15, -0.1) is 0 Å². The number of hydrogen-bond acceptors (Lipinski definition) is 2. The largest absolute Gasteiger partial charge is 1.00 e. The number of nitrogens with one attached hydrogen (secondary N) is 4. The summed E-state index contributed by atoms with van der Waals surface area (Å²) >= 11 is 0. The van der Waals surface area contributed by atoms with E-state index in [0.717, 1.165) is 37.9 Å². The second-order valence-electron chi connectivity index (χ2n) is 7.27. The Hall–Kier alpha value is -2.76. The Bertz CT molecular complexity index is 981. The molecule has 2 aliphatic heterocycles. The molecule has 0 radical (unpaired) electrons. The molecule has 0 atom stereocenters. The van der Waals surface area contributed by atoms with Crippen LogP contribution in [0.4, 0.5) is 0 Å². The van der Waals surface area contributed by atoms with Gasteiger partial charge in [-0.25, -0.2) is 0 Å². The molecule has 0 saturated carbocycles. The number of aromatic nitrogens is 1. The van der Waals surface area contributed by atoms with E-state index in [9.17, 15) is 0 Å². The highest BCUT2D eigenvalue weighted by molar-refractivity contribution is 5.96. The maximum Gasteiger partial charge on any atom is 0.275 e. The summed E-state index contributed by atoms with van der Waals surface area (Å²) in [6, 6.07) is 21.9. The van der Waals surface area contributed by atoms with Crippen molar-refractivity contribution in [2.24, 2.45) is 7.05 Å². The van der Waals surface area contributed by atoms with Crippen LogP contribution in [-0.4, -0.2) is 42.4 Å². The molecule has 2 aliphatic rings. The second-order valence-corrected chi connectivity index (χ2v) is 7.27. The number of benzene rings is 2. The lowest BCUT2D eigenvalue weighted by molar-refractivity contribution is -0.444. The minimum atomic E-state index is 0. The Kier molecular flexibility index (Phi) is 6.85. The summed E-state index contributed by atoms with van der Waals surface area (Å²) in [6.07, 6.45) is 0. The van der Waals surface area contributed by atoms with Crippen LogP contribution in [0, 0.1) is 0 Å². The van der Waals surface area contributed by atoms with Crippen molar-refractivity contribution < 1.29 is 34.8 Å². The molecule has 7 heteroatoms. The number of nitrogens with zero attached hydrogens (tertiary/aromatic N) is 1. The first-order chi connectivity index (χ1) is 13.8. The molecule has 3 heterocycles. The highest BCUT2D eigenvalue weighted by atomic mass is 35.5. The van der Waals surface area contributed by atoms with Crippen LogP contribution < -0.4 is 45.4 Å². The Morgan fingerprint density at radius 2 is 0.967 bits per heavy atom. The van der Waals surface area contributed by atoms with Gasteiger partial charge in [0.2, 0.25) is 0 Å². The predicted molar refractivity (Wildman–Crippen MR) is 112 cm³/mol. The number of hydrogen-bond donors (Lipinski definition) is 4. The molecule has 0 bridgehead atoms. The predicted octanol–water partition coefficient (Wildman–Crippen LogP) is -6.77. The van der Waals surface area contributed by atoms with Crippen LogP contribution in [-0.2, 0) is 7.05 Å². The molecular weight excluding hydrogens is 417 g/mol. The van der Waals surface area contributed by atoms with E-state index < -0.39 is 0 Å². The van der Waals surface area contributed by atoms with E-state index >= 15 is 0 Å². The summed E-state index contributed by atoms with van der Waals surface area (Å²) in [4.78, 5) is 6.77. The normalized spacial score (nSPS) is 14.7. The molecule has 0 amide bonds. The van der Waals surface area contributed by atoms with Crippen molar-refractivity contribution in [2.75, 3.05) is 26.2 Å². The molecule has 4 N–H and O–H groups in total. The van der Waals surface area contributed by atoms with Crippen LogP contribution in [0.3, 0.4) is 0 Å². The Balaban J connectivity index is 0.00000128. The SMILES string of the molecule is Cn1c(-c2ccc(C3=[NH+]CCN3)cc2)ccc1-c1ccc(C2=[NH+]CCN2)cc1.[Cl-].[Cl-].